The number of nitrogens with one attached hydrogen (secondary N) is 1. The van der Waals surface area contributed by atoms with Gasteiger partial charge in [0.05, 0.1) is 0 Å². The summed E-state index contributed by atoms with van der Waals surface area (Å²) in [4.78, 5) is 37.7. The summed E-state index contributed by atoms with van der Waals surface area (Å²) in [6.45, 7) is 2.19. The van der Waals surface area contributed by atoms with Crippen LogP contribution in [0, 0.1) is 6.92 Å². The summed E-state index contributed by atoms with van der Waals surface area (Å²) < 4.78 is 0. The summed E-state index contributed by atoms with van der Waals surface area (Å²) in [5, 5.41) is 3.38. The minimum atomic E-state index is -0.309. The lowest BCUT2D eigenvalue weighted by atomic mass is 10.2. The maximum Gasteiger partial charge on any atom is 0.326 e. The van der Waals surface area contributed by atoms with Crippen molar-refractivity contribution >= 4 is 35.1 Å². The molecule has 1 saturated heterocycles. The molecule has 2 rings (SSSR count). The predicted molar refractivity (Wildman–Crippen MR) is 83.8 cm³/mol. The number of benzene rings is 1. The molecule has 22 heavy (non-hydrogen) atoms. The SMILES string of the molecule is Cc1c(Cl)cccc1NC(=O)CCCN1C(=O)CN(C)C1=O. The van der Waals surface area contributed by atoms with Crippen LogP contribution in [0.1, 0.15) is 18.4 Å². The number of likely N-dealkylation sites (N-methyl/N-ethyl adjacent to an activating group) is 1. The van der Waals surface area contributed by atoms with Gasteiger partial charge < -0.3 is 10.2 Å². The van der Waals surface area contributed by atoms with Crippen molar-refractivity contribution in [2.45, 2.75) is 19.8 Å². The van der Waals surface area contributed by atoms with E-state index in [4.69, 9.17) is 11.6 Å². The van der Waals surface area contributed by atoms with Crippen LogP contribution in [0.5, 0.6) is 0 Å². The number of nitrogens with zero attached hydrogens (tertiary/aromatic N) is 2. The second kappa shape index (κ2) is 6.79. The third-order valence-corrected chi connectivity index (χ3v) is 3.97. The molecule has 1 aliphatic rings. The number of hydrogen-bond donors (Lipinski definition) is 1. The highest BCUT2D eigenvalue weighted by molar-refractivity contribution is 6.31. The molecule has 4 amide bonds. The van der Waals surface area contributed by atoms with Crippen LogP contribution < -0.4 is 5.32 Å². The Morgan fingerprint density at radius 3 is 2.73 bits per heavy atom. The highest BCUT2D eigenvalue weighted by Gasteiger charge is 2.32. The fourth-order valence-corrected chi connectivity index (χ4v) is 2.42. The molecule has 1 heterocycles. The Labute approximate surface area is 134 Å². The number of anilines is 1. The van der Waals surface area contributed by atoms with Crippen LogP contribution in [0.4, 0.5) is 10.5 Å². The van der Waals surface area contributed by atoms with E-state index in [1.807, 2.05) is 6.92 Å². The van der Waals surface area contributed by atoms with Gasteiger partial charge in [0, 0.05) is 30.7 Å². The lowest BCUT2D eigenvalue weighted by Gasteiger charge is -2.14. The molecule has 0 bridgehead atoms. The van der Waals surface area contributed by atoms with E-state index in [2.05, 4.69) is 5.32 Å². The third kappa shape index (κ3) is 3.57. The second-order valence-corrected chi connectivity index (χ2v) is 5.66. The van der Waals surface area contributed by atoms with Crippen LogP contribution in [0.15, 0.2) is 18.2 Å². The monoisotopic (exact) mass is 323 g/mol. The van der Waals surface area contributed by atoms with E-state index in [0.29, 0.717) is 17.1 Å². The van der Waals surface area contributed by atoms with E-state index in [1.54, 1.807) is 25.2 Å². The van der Waals surface area contributed by atoms with Crippen molar-refractivity contribution in [2.24, 2.45) is 0 Å². The summed E-state index contributed by atoms with van der Waals surface area (Å²) in [7, 11) is 1.58. The van der Waals surface area contributed by atoms with Crippen LogP contribution in [0.25, 0.3) is 0 Å². The Morgan fingerprint density at radius 1 is 1.36 bits per heavy atom. The molecular formula is C15H18ClN3O3. The molecule has 0 aromatic heterocycles. The summed E-state index contributed by atoms with van der Waals surface area (Å²) in [5.74, 6) is -0.392. The molecule has 0 atom stereocenters. The minimum Gasteiger partial charge on any atom is -0.326 e. The summed E-state index contributed by atoms with van der Waals surface area (Å²) in [6, 6.07) is 4.99. The third-order valence-electron chi connectivity index (χ3n) is 3.56. The van der Waals surface area contributed by atoms with E-state index in [0.717, 1.165) is 5.56 Å². The molecule has 7 heteroatoms. The average Bonchev–Trinajstić information content (AvgIpc) is 2.70. The van der Waals surface area contributed by atoms with Gasteiger partial charge in [-0.3, -0.25) is 14.5 Å². The van der Waals surface area contributed by atoms with Gasteiger partial charge in [0.1, 0.15) is 6.54 Å². The van der Waals surface area contributed by atoms with Crippen molar-refractivity contribution < 1.29 is 14.4 Å². The lowest BCUT2D eigenvalue weighted by molar-refractivity contribution is -0.125. The Morgan fingerprint density at radius 2 is 2.09 bits per heavy atom. The van der Waals surface area contributed by atoms with Crippen molar-refractivity contribution in [1.82, 2.24) is 9.80 Å². The molecule has 0 saturated carbocycles. The number of imide groups is 1. The van der Waals surface area contributed by atoms with Gasteiger partial charge in [0.25, 0.3) is 0 Å². The van der Waals surface area contributed by atoms with Gasteiger partial charge in [-0.2, -0.15) is 0 Å². The molecule has 0 radical (unpaired) electrons. The molecule has 1 N–H and O–H groups in total. The smallest absolute Gasteiger partial charge is 0.326 e. The van der Waals surface area contributed by atoms with Gasteiger partial charge in [0.2, 0.25) is 11.8 Å². The van der Waals surface area contributed by atoms with Crippen molar-refractivity contribution in [3.8, 4) is 0 Å². The highest BCUT2D eigenvalue weighted by atomic mass is 35.5. The van der Waals surface area contributed by atoms with Crippen LogP contribution in [-0.4, -0.2) is 47.8 Å². The number of urea groups is 1. The molecule has 1 fully saturated rings. The molecular weight excluding hydrogens is 306 g/mol. The van der Waals surface area contributed by atoms with Crippen molar-refractivity contribution in [3.63, 3.8) is 0 Å². The van der Waals surface area contributed by atoms with E-state index in [1.165, 1.54) is 9.80 Å². The van der Waals surface area contributed by atoms with Crippen molar-refractivity contribution in [1.29, 1.82) is 0 Å². The molecule has 0 spiro atoms. The molecule has 0 aliphatic carbocycles. The average molecular weight is 324 g/mol. The van der Waals surface area contributed by atoms with Crippen LogP contribution in [-0.2, 0) is 9.59 Å². The molecule has 1 aliphatic heterocycles. The maximum atomic E-state index is 11.9. The van der Waals surface area contributed by atoms with E-state index in [9.17, 15) is 14.4 Å². The predicted octanol–water partition coefficient (Wildman–Crippen LogP) is 2.26. The normalized spacial score (nSPS) is 14.7. The van der Waals surface area contributed by atoms with Crippen LogP contribution in [0.3, 0.4) is 0 Å². The van der Waals surface area contributed by atoms with Crippen LogP contribution in [0.2, 0.25) is 5.02 Å². The maximum absolute atomic E-state index is 11.9. The zero-order chi connectivity index (χ0) is 16.3. The van der Waals surface area contributed by atoms with Crippen LogP contribution >= 0.6 is 11.6 Å². The van der Waals surface area contributed by atoms with Gasteiger partial charge in [-0.1, -0.05) is 17.7 Å². The molecule has 6 nitrogen and oxygen atoms in total. The molecule has 1 aromatic rings. The fourth-order valence-electron chi connectivity index (χ4n) is 2.24. The van der Waals surface area contributed by atoms with Crippen molar-refractivity contribution in [3.05, 3.63) is 28.8 Å². The molecule has 0 unspecified atom stereocenters. The number of amides is 4. The number of hydrogen-bond acceptors (Lipinski definition) is 3. The number of rotatable bonds is 5. The first-order valence-corrected chi connectivity index (χ1v) is 7.38. The summed E-state index contributed by atoms with van der Waals surface area (Å²) in [6.07, 6.45) is 0.656. The zero-order valence-corrected chi connectivity index (χ0v) is 13.3. The van der Waals surface area contributed by atoms with Gasteiger partial charge in [0.15, 0.2) is 0 Å². The minimum absolute atomic E-state index is 0.104. The fraction of sp³-hybridized carbons (Fsp3) is 0.400. The second-order valence-electron chi connectivity index (χ2n) is 5.25. The zero-order valence-electron chi connectivity index (χ0n) is 12.6. The Hall–Kier alpha value is -2.08. The highest BCUT2D eigenvalue weighted by Crippen LogP contribution is 2.23. The van der Waals surface area contributed by atoms with Crippen molar-refractivity contribution in [2.75, 3.05) is 25.5 Å². The molecule has 1 aromatic carbocycles. The van der Waals surface area contributed by atoms with Gasteiger partial charge in [-0.25, -0.2) is 4.79 Å². The lowest BCUT2D eigenvalue weighted by Crippen LogP contribution is -2.32. The Balaban J connectivity index is 1.82. The number of carbonyl (C=O) groups is 3. The van der Waals surface area contributed by atoms with E-state index < -0.39 is 0 Å². The summed E-state index contributed by atoms with van der Waals surface area (Å²) in [5.41, 5.74) is 1.48. The number of halogens is 1. The standard InChI is InChI=1S/C15H18ClN3O3/c1-10-11(16)5-3-6-12(10)17-13(20)7-4-8-19-14(21)9-18(2)15(19)22/h3,5-6H,4,7-9H2,1-2H3,(H,17,20). The first kappa shape index (κ1) is 16.3. The van der Waals surface area contributed by atoms with Gasteiger partial charge in [-0.05, 0) is 31.0 Å². The quantitative estimate of drug-likeness (QED) is 0.845. The van der Waals surface area contributed by atoms with E-state index in [-0.39, 0.29) is 37.4 Å². The Bertz CT molecular complexity index is 618. The van der Waals surface area contributed by atoms with Gasteiger partial charge in [-0.15, -0.1) is 0 Å². The Kier molecular flexibility index (Phi) is 5.03. The first-order chi connectivity index (χ1) is 10.4. The number of carbonyl (C=O) groups excluding carboxylic acids is 3. The summed E-state index contributed by atoms with van der Waals surface area (Å²) >= 11 is 6.00. The topological polar surface area (TPSA) is 69.7 Å². The largest absolute Gasteiger partial charge is 0.326 e. The van der Waals surface area contributed by atoms with E-state index >= 15 is 0 Å². The molecule has 118 valence electrons. The van der Waals surface area contributed by atoms with Gasteiger partial charge >= 0.3 is 6.03 Å². The first-order valence-electron chi connectivity index (χ1n) is 7.00.